The number of rotatable bonds is 5. The van der Waals surface area contributed by atoms with Crippen molar-refractivity contribution >= 4 is 24.3 Å². The number of hydrogen-bond donors (Lipinski definition) is 2. The molecule has 0 amide bonds. The van der Waals surface area contributed by atoms with E-state index in [0.29, 0.717) is 23.9 Å². The second-order valence-electron chi connectivity index (χ2n) is 12.5. The third-order valence-electron chi connectivity index (χ3n) is 10.8. The molecule has 2 N–H and O–H groups in total. The Morgan fingerprint density at radius 1 is 1.32 bits per heavy atom. The number of Topliss-reactive ketones (excluding diaryl/α,β-unsaturated/α-hetero) is 1. The highest BCUT2D eigenvalue weighted by atomic mass is 19.1. The summed E-state index contributed by atoms with van der Waals surface area (Å²) in [5.74, 6) is -1.68. The minimum atomic E-state index is -1.17. The molecule has 7 nitrogen and oxygen atoms in total. The molecule has 206 valence electrons. The normalized spacial score (nSPS) is 40.1. The number of benzene rings is 1. The molecule has 1 aromatic rings. The van der Waals surface area contributed by atoms with Gasteiger partial charge in [0.25, 0.3) is 0 Å². The highest BCUT2D eigenvalue weighted by molar-refractivity contribution is 6.61. The topological polar surface area (TPSA) is 102 Å². The number of aliphatic hydroxyl groups excluding tert-OH is 1. The molecule has 3 saturated carbocycles. The molecule has 2 bridgehead atoms. The highest BCUT2D eigenvalue weighted by Crippen LogP contribution is 2.68. The van der Waals surface area contributed by atoms with Crippen molar-refractivity contribution in [2.45, 2.75) is 78.6 Å². The Bertz CT molecular complexity index is 1160. The lowest BCUT2D eigenvalue weighted by atomic mass is 9.44. The molecular weight excluding hydrogens is 490 g/mol. The van der Waals surface area contributed by atoms with E-state index in [1.54, 1.807) is 6.08 Å². The first-order valence-corrected chi connectivity index (χ1v) is 13.7. The lowest BCUT2D eigenvalue weighted by Crippen LogP contribution is -2.63. The average molecular weight is 528 g/mol. The molecule has 1 heterocycles. The molecule has 9 heteroatoms. The minimum absolute atomic E-state index is 0.0993. The standard InChI is InChI=1S/C29H38BFO7/c1-6-27(4)13-23(38-24(33)15-36-22-12-19-18(11-20(22)31)14-37-30(19)35)28(5)16(2)7-9-29(17(3)26(27)34)10-8-21(32)25(28)29/h6,11-12,16-17,23,25-26,34-35H,1,7-10,13-15H2,2-5H3/t16-,17+,23-,25+,26+,27-,28+,29+/m1/s1. The maximum Gasteiger partial charge on any atom is 0.491 e. The summed E-state index contributed by atoms with van der Waals surface area (Å²) < 4.78 is 31.3. The fraction of sp³-hybridized carbons (Fsp3) is 0.655. The first kappa shape index (κ1) is 27.3. The van der Waals surface area contributed by atoms with Gasteiger partial charge in [0.1, 0.15) is 11.9 Å². The molecule has 38 heavy (non-hydrogen) atoms. The zero-order valence-corrected chi connectivity index (χ0v) is 22.7. The van der Waals surface area contributed by atoms with Crippen LogP contribution in [0, 0.1) is 39.8 Å². The lowest BCUT2D eigenvalue weighted by Gasteiger charge is -2.61. The van der Waals surface area contributed by atoms with Crippen molar-refractivity contribution in [1.82, 2.24) is 0 Å². The number of fused-ring (bicyclic) bond motifs is 1. The van der Waals surface area contributed by atoms with Crippen molar-refractivity contribution in [2.75, 3.05) is 6.61 Å². The lowest BCUT2D eigenvalue weighted by molar-refractivity contribution is -0.207. The van der Waals surface area contributed by atoms with E-state index in [1.165, 1.54) is 12.1 Å². The van der Waals surface area contributed by atoms with Gasteiger partial charge in [-0.25, -0.2) is 9.18 Å². The van der Waals surface area contributed by atoms with Gasteiger partial charge >= 0.3 is 13.1 Å². The van der Waals surface area contributed by atoms with Crippen LogP contribution in [0.5, 0.6) is 5.75 Å². The maximum absolute atomic E-state index is 14.6. The first-order valence-electron chi connectivity index (χ1n) is 13.7. The fourth-order valence-corrected chi connectivity index (χ4v) is 8.17. The van der Waals surface area contributed by atoms with Gasteiger partial charge in [0, 0.05) is 23.2 Å². The Morgan fingerprint density at radius 2 is 2.05 bits per heavy atom. The molecule has 0 radical (unpaired) electrons. The average Bonchev–Trinajstić information content (AvgIpc) is 3.43. The quantitative estimate of drug-likeness (QED) is 0.344. The summed E-state index contributed by atoms with van der Waals surface area (Å²) in [6, 6.07) is 2.57. The van der Waals surface area contributed by atoms with Crippen molar-refractivity contribution in [2.24, 2.45) is 34.0 Å². The molecule has 0 aromatic heterocycles. The van der Waals surface area contributed by atoms with Crippen LogP contribution < -0.4 is 10.2 Å². The number of aliphatic hydroxyl groups is 1. The van der Waals surface area contributed by atoms with Crippen LogP contribution >= 0.6 is 0 Å². The Hall–Kier alpha value is -2.23. The van der Waals surface area contributed by atoms with E-state index >= 15 is 0 Å². The van der Waals surface area contributed by atoms with Gasteiger partial charge in [0.15, 0.2) is 18.2 Å². The number of carbonyl (C=O) groups is 2. The van der Waals surface area contributed by atoms with E-state index in [-0.39, 0.29) is 41.3 Å². The van der Waals surface area contributed by atoms with Crippen LogP contribution in [0.1, 0.15) is 65.4 Å². The van der Waals surface area contributed by atoms with Crippen LogP contribution in [0.2, 0.25) is 0 Å². The van der Waals surface area contributed by atoms with Gasteiger partial charge in [0.05, 0.1) is 12.7 Å². The number of carbonyl (C=O) groups excluding carboxylic acids is 2. The zero-order chi connectivity index (χ0) is 27.6. The molecule has 8 atom stereocenters. The molecule has 0 unspecified atom stereocenters. The van der Waals surface area contributed by atoms with E-state index in [0.717, 1.165) is 19.3 Å². The van der Waals surface area contributed by atoms with E-state index in [4.69, 9.17) is 14.1 Å². The van der Waals surface area contributed by atoms with E-state index in [1.807, 2.05) is 6.92 Å². The number of ketones is 1. The summed E-state index contributed by atoms with van der Waals surface area (Å²) in [5.41, 5.74) is -0.810. The highest BCUT2D eigenvalue weighted by Gasteiger charge is 2.68. The van der Waals surface area contributed by atoms with Crippen LogP contribution in [0.15, 0.2) is 24.8 Å². The van der Waals surface area contributed by atoms with Gasteiger partial charge in [-0.15, -0.1) is 6.58 Å². The van der Waals surface area contributed by atoms with Crippen LogP contribution in [-0.2, 0) is 25.6 Å². The molecule has 3 fully saturated rings. The number of ether oxygens (including phenoxy) is 2. The summed E-state index contributed by atoms with van der Waals surface area (Å²) in [6.07, 6.45) is 3.54. The first-order chi connectivity index (χ1) is 17.9. The second kappa shape index (κ2) is 9.45. The van der Waals surface area contributed by atoms with Crippen molar-refractivity contribution < 1.29 is 38.2 Å². The van der Waals surface area contributed by atoms with Gasteiger partial charge in [-0.3, -0.25) is 4.79 Å². The van der Waals surface area contributed by atoms with Crippen molar-refractivity contribution in [1.29, 1.82) is 0 Å². The molecule has 4 aliphatic rings. The summed E-state index contributed by atoms with van der Waals surface area (Å²) in [7, 11) is -1.17. The molecule has 3 aliphatic carbocycles. The smallest absolute Gasteiger partial charge is 0.479 e. The van der Waals surface area contributed by atoms with Gasteiger partial charge in [0.2, 0.25) is 0 Å². The molecule has 5 rings (SSSR count). The van der Waals surface area contributed by atoms with E-state index < -0.39 is 48.5 Å². The predicted molar refractivity (Wildman–Crippen MR) is 139 cm³/mol. The van der Waals surface area contributed by atoms with E-state index in [2.05, 4.69) is 27.4 Å². The monoisotopic (exact) mass is 528 g/mol. The van der Waals surface area contributed by atoms with Crippen LogP contribution in [0.25, 0.3) is 0 Å². The van der Waals surface area contributed by atoms with Crippen molar-refractivity contribution in [3.05, 3.63) is 36.2 Å². The summed E-state index contributed by atoms with van der Waals surface area (Å²) in [6.45, 7) is 11.7. The molecular formula is C29H38BFO7. The number of halogens is 1. The summed E-state index contributed by atoms with van der Waals surface area (Å²) in [5, 5.41) is 21.5. The van der Waals surface area contributed by atoms with Crippen LogP contribution in [0.4, 0.5) is 4.39 Å². The number of hydrogen-bond acceptors (Lipinski definition) is 7. The summed E-state index contributed by atoms with van der Waals surface area (Å²) >= 11 is 0. The number of esters is 1. The van der Waals surface area contributed by atoms with Crippen LogP contribution in [0.3, 0.4) is 0 Å². The second-order valence-corrected chi connectivity index (χ2v) is 12.5. The molecule has 1 aromatic carbocycles. The Kier molecular flexibility index (Phi) is 6.80. The SMILES string of the molecule is C=C[C@]1(C)C[C@@H](OC(=O)COc2cc3c(cc2F)COB3O)[C@]2(C)[C@H](C)CC[C@]3(CCC(=O)[C@H]32)[C@@H](C)[C@@H]1O. The van der Waals surface area contributed by atoms with E-state index in [9.17, 15) is 24.1 Å². The van der Waals surface area contributed by atoms with Gasteiger partial charge in [-0.2, -0.15) is 0 Å². The van der Waals surface area contributed by atoms with Gasteiger partial charge in [-0.1, -0.05) is 33.8 Å². The van der Waals surface area contributed by atoms with Crippen molar-refractivity contribution in [3.8, 4) is 5.75 Å². The Balaban J connectivity index is 1.44. The van der Waals surface area contributed by atoms with Gasteiger partial charge in [-0.05, 0) is 66.1 Å². The fourth-order valence-electron chi connectivity index (χ4n) is 8.17. The maximum atomic E-state index is 14.6. The third-order valence-corrected chi connectivity index (χ3v) is 10.8. The molecule has 1 aliphatic heterocycles. The molecule has 0 spiro atoms. The third kappa shape index (κ3) is 3.96. The van der Waals surface area contributed by atoms with Crippen LogP contribution in [-0.4, -0.2) is 47.8 Å². The largest absolute Gasteiger partial charge is 0.491 e. The van der Waals surface area contributed by atoms with Gasteiger partial charge < -0.3 is 24.3 Å². The Morgan fingerprint density at radius 3 is 2.76 bits per heavy atom. The Labute approximate surface area is 223 Å². The van der Waals surface area contributed by atoms with Crippen molar-refractivity contribution in [3.63, 3.8) is 0 Å². The zero-order valence-electron chi connectivity index (χ0n) is 22.7. The molecule has 0 saturated heterocycles. The predicted octanol–water partition coefficient (Wildman–Crippen LogP) is 3.33. The summed E-state index contributed by atoms with van der Waals surface area (Å²) in [4.78, 5) is 26.7. The minimum Gasteiger partial charge on any atom is -0.479 e.